The monoisotopic (exact) mass is 389 g/mol. The van der Waals surface area contributed by atoms with Crippen molar-refractivity contribution >= 4 is 50.7 Å². The lowest BCUT2D eigenvalue weighted by Gasteiger charge is -2.11. The average Bonchev–Trinajstić information content (AvgIpc) is 2.38. The van der Waals surface area contributed by atoms with E-state index in [2.05, 4.69) is 15.9 Å². The summed E-state index contributed by atoms with van der Waals surface area (Å²) < 4.78 is 6.28. The standard InChI is InChI=1S/C14H7BrCl3NO/c15-12-4-11(17)3-9(6-19)14(12)20-7-8-1-2-10(16)5-13(8)18/h1-5H,7H2. The minimum absolute atomic E-state index is 0.227. The number of nitriles is 1. The number of ether oxygens (including phenoxy) is 1. The number of benzene rings is 2. The molecule has 0 saturated carbocycles. The Morgan fingerprint density at radius 3 is 2.50 bits per heavy atom. The number of hydrogen-bond acceptors (Lipinski definition) is 2. The van der Waals surface area contributed by atoms with Crippen LogP contribution in [0.15, 0.2) is 34.8 Å². The van der Waals surface area contributed by atoms with Gasteiger partial charge in [0.25, 0.3) is 0 Å². The van der Waals surface area contributed by atoms with E-state index in [1.165, 1.54) is 0 Å². The number of nitrogens with zero attached hydrogens (tertiary/aromatic N) is 1. The van der Waals surface area contributed by atoms with Gasteiger partial charge in [0.05, 0.1) is 10.0 Å². The van der Waals surface area contributed by atoms with E-state index >= 15 is 0 Å². The molecule has 0 saturated heterocycles. The van der Waals surface area contributed by atoms with Crippen molar-refractivity contribution in [3.63, 3.8) is 0 Å². The lowest BCUT2D eigenvalue weighted by molar-refractivity contribution is 0.303. The zero-order valence-corrected chi connectivity index (χ0v) is 13.8. The summed E-state index contributed by atoms with van der Waals surface area (Å²) in [6.45, 7) is 0.227. The second-order valence-electron chi connectivity index (χ2n) is 3.90. The van der Waals surface area contributed by atoms with E-state index in [4.69, 9.17) is 44.8 Å². The van der Waals surface area contributed by atoms with Gasteiger partial charge >= 0.3 is 0 Å². The van der Waals surface area contributed by atoms with Crippen LogP contribution >= 0.6 is 50.7 Å². The van der Waals surface area contributed by atoms with Crippen LogP contribution in [0.4, 0.5) is 0 Å². The van der Waals surface area contributed by atoms with Crippen LogP contribution in [-0.4, -0.2) is 0 Å². The molecule has 0 aromatic heterocycles. The first-order valence-electron chi connectivity index (χ1n) is 5.47. The van der Waals surface area contributed by atoms with E-state index in [0.717, 1.165) is 5.56 Å². The maximum atomic E-state index is 9.10. The summed E-state index contributed by atoms with van der Waals surface area (Å²) in [7, 11) is 0. The molecule has 2 nitrogen and oxygen atoms in total. The normalized spacial score (nSPS) is 10.2. The lowest BCUT2D eigenvalue weighted by Crippen LogP contribution is -1.99. The Bertz CT molecular complexity index is 698. The quantitative estimate of drug-likeness (QED) is 0.656. The molecule has 6 heteroatoms. The third-order valence-corrected chi connectivity index (χ3v) is 3.91. The first kappa shape index (κ1) is 15.5. The fourth-order valence-electron chi connectivity index (χ4n) is 1.58. The largest absolute Gasteiger partial charge is 0.486 e. The van der Waals surface area contributed by atoms with Crippen molar-refractivity contribution in [2.75, 3.05) is 0 Å². The van der Waals surface area contributed by atoms with Gasteiger partial charge in [-0.2, -0.15) is 5.26 Å². The first-order valence-corrected chi connectivity index (χ1v) is 7.40. The molecule has 0 atom stereocenters. The SMILES string of the molecule is N#Cc1cc(Cl)cc(Br)c1OCc1ccc(Cl)cc1Cl. The van der Waals surface area contributed by atoms with E-state index in [9.17, 15) is 0 Å². The van der Waals surface area contributed by atoms with Gasteiger partial charge in [-0.25, -0.2) is 0 Å². The molecule has 0 heterocycles. The fourth-order valence-corrected chi connectivity index (χ4v) is 2.97. The minimum atomic E-state index is 0.227. The van der Waals surface area contributed by atoms with E-state index < -0.39 is 0 Å². The fraction of sp³-hybridized carbons (Fsp3) is 0.0714. The first-order chi connectivity index (χ1) is 9.51. The van der Waals surface area contributed by atoms with Crippen molar-refractivity contribution in [1.29, 1.82) is 5.26 Å². The second kappa shape index (κ2) is 6.69. The van der Waals surface area contributed by atoms with Gasteiger partial charge in [0, 0.05) is 20.6 Å². The van der Waals surface area contributed by atoms with Crippen molar-refractivity contribution in [3.8, 4) is 11.8 Å². The summed E-state index contributed by atoms with van der Waals surface area (Å²) in [5.41, 5.74) is 1.14. The maximum absolute atomic E-state index is 9.10. The zero-order chi connectivity index (χ0) is 14.7. The van der Waals surface area contributed by atoms with Crippen LogP contribution in [0.1, 0.15) is 11.1 Å². The van der Waals surface area contributed by atoms with Crippen molar-refractivity contribution in [3.05, 3.63) is 61.0 Å². The Morgan fingerprint density at radius 1 is 1.10 bits per heavy atom. The highest BCUT2D eigenvalue weighted by molar-refractivity contribution is 9.10. The van der Waals surface area contributed by atoms with E-state index in [1.54, 1.807) is 30.3 Å². The molecule has 0 aliphatic carbocycles. The Balaban J connectivity index is 2.25. The molecule has 102 valence electrons. The number of halogens is 4. The highest BCUT2D eigenvalue weighted by atomic mass is 79.9. The predicted molar refractivity (Wildman–Crippen MR) is 84.7 cm³/mol. The zero-order valence-electron chi connectivity index (χ0n) is 9.96. The predicted octanol–water partition coefficient (Wildman–Crippen LogP) is 5.86. The van der Waals surface area contributed by atoms with Crippen LogP contribution in [-0.2, 0) is 6.61 Å². The van der Waals surface area contributed by atoms with Gasteiger partial charge < -0.3 is 4.74 Å². The van der Waals surface area contributed by atoms with Gasteiger partial charge in [0.2, 0.25) is 0 Å². The number of rotatable bonds is 3. The molecule has 0 fully saturated rings. The van der Waals surface area contributed by atoms with Crippen molar-refractivity contribution in [2.45, 2.75) is 6.61 Å². The molecule has 0 spiro atoms. The third kappa shape index (κ3) is 3.59. The summed E-state index contributed by atoms with van der Waals surface area (Å²) in [5.74, 6) is 0.433. The summed E-state index contributed by atoms with van der Waals surface area (Å²) in [6, 6.07) is 10.4. The van der Waals surface area contributed by atoms with Crippen molar-refractivity contribution in [2.24, 2.45) is 0 Å². The molecule has 0 bridgehead atoms. The van der Waals surface area contributed by atoms with Gasteiger partial charge in [-0.1, -0.05) is 40.9 Å². The second-order valence-corrected chi connectivity index (χ2v) is 6.03. The van der Waals surface area contributed by atoms with Crippen LogP contribution in [0.5, 0.6) is 5.75 Å². The minimum Gasteiger partial charge on any atom is -0.486 e. The van der Waals surface area contributed by atoms with E-state index in [0.29, 0.717) is 30.9 Å². The van der Waals surface area contributed by atoms with Gasteiger partial charge in [-0.05, 0) is 40.2 Å². The summed E-state index contributed by atoms with van der Waals surface area (Å²) >= 11 is 21.1. The summed E-state index contributed by atoms with van der Waals surface area (Å²) in [5, 5.41) is 10.6. The molecule has 0 radical (unpaired) electrons. The summed E-state index contributed by atoms with van der Waals surface area (Å²) in [6.07, 6.45) is 0. The van der Waals surface area contributed by atoms with Gasteiger partial charge in [-0.3, -0.25) is 0 Å². The van der Waals surface area contributed by atoms with Crippen molar-refractivity contribution < 1.29 is 4.74 Å². The molecule has 0 N–H and O–H groups in total. The van der Waals surface area contributed by atoms with Crippen LogP contribution in [0.25, 0.3) is 0 Å². The Hall–Kier alpha value is -0.920. The number of hydrogen-bond donors (Lipinski definition) is 0. The highest BCUT2D eigenvalue weighted by Gasteiger charge is 2.11. The molecule has 0 unspecified atom stereocenters. The highest BCUT2D eigenvalue weighted by Crippen LogP contribution is 2.33. The van der Waals surface area contributed by atoms with Gasteiger partial charge in [0.15, 0.2) is 5.75 Å². The van der Waals surface area contributed by atoms with Crippen LogP contribution in [0, 0.1) is 11.3 Å². The molecule has 2 rings (SSSR count). The molecule has 2 aromatic rings. The molecule has 0 aliphatic rings. The van der Waals surface area contributed by atoms with Gasteiger partial charge in [-0.15, -0.1) is 0 Å². The van der Waals surface area contributed by atoms with E-state index in [1.807, 2.05) is 6.07 Å². The van der Waals surface area contributed by atoms with E-state index in [-0.39, 0.29) is 6.61 Å². The Morgan fingerprint density at radius 2 is 1.85 bits per heavy atom. The Labute approximate surface area is 140 Å². The molecule has 0 aliphatic heterocycles. The molecule has 0 amide bonds. The van der Waals surface area contributed by atoms with Crippen LogP contribution < -0.4 is 4.74 Å². The van der Waals surface area contributed by atoms with Gasteiger partial charge in [0.1, 0.15) is 12.7 Å². The molecular weight excluding hydrogens is 384 g/mol. The van der Waals surface area contributed by atoms with Crippen molar-refractivity contribution in [1.82, 2.24) is 0 Å². The molecule has 2 aromatic carbocycles. The maximum Gasteiger partial charge on any atom is 0.151 e. The Kier molecular flexibility index (Phi) is 5.17. The molecular formula is C14H7BrCl3NO. The van der Waals surface area contributed by atoms with Crippen LogP contribution in [0.3, 0.4) is 0 Å². The third-order valence-electron chi connectivity index (χ3n) is 2.52. The average molecular weight is 391 g/mol. The smallest absolute Gasteiger partial charge is 0.151 e. The molecule has 20 heavy (non-hydrogen) atoms. The lowest BCUT2D eigenvalue weighted by atomic mass is 10.2. The summed E-state index contributed by atoms with van der Waals surface area (Å²) in [4.78, 5) is 0. The van der Waals surface area contributed by atoms with Crippen LogP contribution in [0.2, 0.25) is 15.1 Å². The topological polar surface area (TPSA) is 33.0 Å².